The van der Waals surface area contributed by atoms with Crippen molar-refractivity contribution >= 4 is 28.5 Å². The summed E-state index contributed by atoms with van der Waals surface area (Å²) in [6.45, 7) is 0.553. The van der Waals surface area contributed by atoms with Gasteiger partial charge in [-0.1, -0.05) is 54.1 Å². The van der Waals surface area contributed by atoms with Gasteiger partial charge in [-0.05, 0) is 29.3 Å². The van der Waals surface area contributed by atoms with Gasteiger partial charge in [0.05, 0.1) is 7.11 Å². The van der Waals surface area contributed by atoms with E-state index in [1.807, 2.05) is 59.3 Å². The number of pyridine rings is 1. The van der Waals surface area contributed by atoms with E-state index in [4.69, 9.17) is 16.3 Å². The molecule has 4 aromatic rings. The summed E-state index contributed by atoms with van der Waals surface area (Å²) < 4.78 is 8.25. The molecule has 0 aliphatic carbocycles. The molecule has 2 aromatic heterocycles. The Morgan fingerprint density at radius 1 is 1.03 bits per heavy atom. The molecule has 0 spiro atoms. The van der Waals surface area contributed by atoms with Gasteiger partial charge < -0.3 is 13.9 Å². The van der Waals surface area contributed by atoms with Gasteiger partial charge in [0.1, 0.15) is 11.2 Å². The van der Waals surface area contributed by atoms with Crippen molar-refractivity contribution in [3.63, 3.8) is 0 Å². The van der Waals surface area contributed by atoms with Crippen LogP contribution in [0.4, 0.5) is 0 Å². The van der Waals surface area contributed by atoms with Crippen molar-refractivity contribution in [2.75, 3.05) is 7.11 Å². The molecule has 2 aromatic carbocycles. The van der Waals surface area contributed by atoms with E-state index in [0.717, 1.165) is 11.1 Å². The van der Waals surface area contributed by atoms with E-state index in [1.54, 1.807) is 19.2 Å². The number of halogens is 1. The minimum atomic E-state index is -0.563. The van der Waals surface area contributed by atoms with E-state index >= 15 is 0 Å². The molecule has 0 fully saturated rings. The van der Waals surface area contributed by atoms with Crippen LogP contribution in [0.2, 0.25) is 5.02 Å². The highest BCUT2D eigenvalue weighted by molar-refractivity contribution is 6.30. The van der Waals surface area contributed by atoms with Gasteiger partial charge >= 0.3 is 5.97 Å². The van der Waals surface area contributed by atoms with Crippen molar-refractivity contribution in [2.24, 2.45) is 7.05 Å². The number of methoxy groups -OCH3 is 1. The molecule has 0 N–H and O–H groups in total. The molecule has 2 heterocycles. The van der Waals surface area contributed by atoms with Crippen LogP contribution in [0, 0.1) is 0 Å². The third kappa shape index (κ3) is 3.34. The second-order valence-electron chi connectivity index (χ2n) is 6.78. The first kappa shape index (κ1) is 19.0. The average molecular weight is 407 g/mol. The predicted molar refractivity (Wildman–Crippen MR) is 115 cm³/mol. The van der Waals surface area contributed by atoms with Crippen LogP contribution in [-0.4, -0.2) is 22.2 Å². The molecular weight excluding hydrogens is 388 g/mol. The molecule has 0 saturated heterocycles. The lowest BCUT2D eigenvalue weighted by atomic mass is 9.99. The van der Waals surface area contributed by atoms with Gasteiger partial charge in [-0.25, -0.2) is 4.79 Å². The number of carbonyl (C=O) groups is 1. The number of hydrogen-bond donors (Lipinski definition) is 0. The Bertz CT molecular complexity index is 1260. The summed E-state index contributed by atoms with van der Waals surface area (Å²) in [5, 5.41) is 1.29. The van der Waals surface area contributed by atoms with Crippen LogP contribution in [0.25, 0.3) is 22.0 Å². The number of benzene rings is 2. The lowest BCUT2D eigenvalue weighted by molar-refractivity contribution is 0.0589. The third-order valence-corrected chi connectivity index (χ3v) is 5.27. The Balaban J connectivity index is 2.03. The van der Waals surface area contributed by atoms with E-state index in [2.05, 4.69) is 0 Å². The topological polar surface area (TPSA) is 53.2 Å². The molecule has 0 atom stereocenters. The van der Waals surface area contributed by atoms with Crippen LogP contribution < -0.4 is 5.56 Å². The maximum Gasteiger partial charge on any atom is 0.355 e. The second kappa shape index (κ2) is 7.60. The summed E-state index contributed by atoms with van der Waals surface area (Å²) in [7, 11) is 2.90. The van der Waals surface area contributed by atoms with Crippen LogP contribution in [0.5, 0.6) is 0 Å². The molecule has 0 unspecified atom stereocenters. The van der Waals surface area contributed by atoms with Gasteiger partial charge in [-0.15, -0.1) is 0 Å². The molecule has 0 radical (unpaired) electrons. The zero-order chi connectivity index (χ0) is 20.5. The summed E-state index contributed by atoms with van der Waals surface area (Å²) >= 11 is 6.05. The second-order valence-corrected chi connectivity index (χ2v) is 7.21. The molecule has 0 bridgehead atoms. The zero-order valence-electron chi connectivity index (χ0n) is 16.1. The molecule has 0 aliphatic rings. The van der Waals surface area contributed by atoms with Gasteiger partial charge in [0.2, 0.25) is 0 Å². The Kier molecular flexibility index (Phi) is 4.99. The normalized spacial score (nSPS) is 11.0. The van der Waals surface area contributed by atoms with Gasteiger partial charge in [-0.2, -0.15) is 0 Å². The monoisotopic (exact) mass is 406 g/mol. The smallest absolute Gasteiger partial charge is 0.355 e. The van der Waals surface area contributed by atoms with Crippen LogP contribution >= 0.6 is 11.6 Å². The average Bonchev–Trinajstić information content (AvgIpc) is 3.15. The van der Waals surface area contributed by atoms with Crippen molar-refractivity contribution < 1.29 is 9.53 Å². The number of rotatable bonds is 4. The highest BCUT2D eigenvalue weighted by Gasteiger charge is 2.24. The number of fused-ring (bicyclic) bond motifs is 1. The summed E-state index contributed by atoms with van der Waals surface area (Å²) in [5.74, 6) is -0.563. The quantitative estimate of drug-likeness (QED) is 0.469. The summed E-state index contributed by atoms with van der Waals surface area (Å²) in [6, 6.07) is 19.0. The van der Waals surface area contributed by atoms with Crippen LogP contribution in [0.1, 0.15) is 16.1 Å². The maximum absolute atomic E-state index is 13.2. The minimum Gasteiger partial charge on any atom is -0.464 e. The molecule has 4 rings (SSSR count). The van der Waals surface area contributed by atoms with Crippen LogP contribution in [0.15, 0.2) is 71.7 Å². The summed E-state index contributed by atoms with van der Waals surface area (Å²) in [6.07, 6.45) is 1.87. The van der Waals surface area contributed by atoms with E-state index in [-0.39, 0.29) is 11.3 Å². The summed E-state index contributed by atoms with van der Waals surface area (Å²) in [5.41, 5.74) is 3.01. The van der Waals surface area contributed by atoms with E-state index in [0.29, 0.717) is 28.0 Å². The SMILES string of the molecule is COC(=O)c1c(-c2ccc(Cl)cc2)c2ccn(Cc3ccccc3)c2c(=O)n1C. The fourth-order valence-corrected chi connectivity index (χ4v) is 3.75. The molecule has 0 amide bonds. The van der Waals surface area contributed by atoms with Gasteiger partial charge in [0, 0.05) is 35.8 Å². The Hall–Kier alpha value is -3.31. The largest absolute Gasteiger partial charge is 0.464 e. The molecule has 5 nitrogen and oxygen atoms in total. The number of hydrogen-bond acceptors (Lipinski definition) is 3. The molecule has 6 heteroatoms. The number of aromatic nitrogens is 2. The van der Waals surface area contributed by atoms with Gasteiger partial charge in [-0.3, -0.25) is 4.79 Å². The molecule has 0 saturated carbocycles. The van der Waals surface area contributed by atoms with Crippen LogP contribution in [-0.2, 0) is 18.3 Å². The maximum atomic E-state index is 13.2. The fraction of sp³-hybridized carbons (Fsp3) is 0.130. The fourth-order valence-electron chi connectivity index (χ4n) is 3.62. The summed E-state index contributed by atoms with van der Waals surface area (Å²) in [4.78, 5) is 25.8. The van der Waals surface area contributed by atoms with E-state index in [9.17, 15) is 9.59 Å². The van der Waals surface area contributed by atoms with Crippen molar-refractivity contribution in [1.82, 2.24) is 9.13 Å². The van der Waals surface area contributed by atoms with Gasteiger partial charge in [0.25, 0.3) is 5.56 Å². The zero-order valence-corrected chi connectivity index (χ0v) is 16.8. The highest BCUT2D eigenvalue weighted by Crippen LogP contribution is 2.32. The standard InChI is InChI=1S/C23H19ClN2O3/c1-25-21(23(28)29-2)19(16-8-10-17(24)11-9-16)18-12-13-26(20(18)22(25)27)14-15-6-4-3-5-7-15/h3-13H,14H2,1-2H3. The highest BCUT2D eigenvalue weighted by atomic mass is 35.5. The van der Waals surface area contributed by atoms with E-state index < -0.39 is 5.97 Å². The molecular formula is C23H19ClN2O3. The predicted octanol–water partition coefficient (Wildman–Crippen LogP) is 4.50. The minimum absolute atomic E-state index is 0.213. The Morgan fingerprint density at radius 2 is 1.72 bits per heavy atom. The van der Waals surface area contributed by atoms with Gasteiger partial charge in [0.15, 0.2) is 0 Å². The molecule has 0 aliphatic heterocycles. The first-order valence-corrected chi connectivity index (χ1v) is 9.49. The van der Waals surface area contributed by atoms with Crippen molar-refractivity contribution in [3.8, 4) is 11.1 Å². The van der Waals surface area contributed by atoms with Crippen molar-refractivity contribution in [3.05, 3.63) is 93.5 Å². The number of carbonyl (C=O) groups excluding carboxylic acids is 1. The first-order valence-electron chi connectivity index (χ1n) is 9.11. The Morgan fingerprint density at radius 3 is 2.38 bits per heavy atom. The number of ether oxygens (including phenoxy) is 1. The lowest BCUT2D eigenvalue weighted by Gasteiger charge is -2.15. The third-order valence-electron chi connectivity index (χ3n) is 5.02. The number of esters is 1. The van der Waals surface area contributed by atoms with Crippen LogP contribution in [0.3, 0.4) is 0 Å². The first-order chi connectivity index (χ1) is 14.0. The lowest BCUT2D eigenvalue weighted by Crippen LogP contribution is -2.26. The van der Waals surface area contributed by atoms with E-state index in [1.165, 1.54) is 11.7 Å². The van der Waals surface area contributed by atoms with Crippen molar-refractivity contribution in [1.29, 1.82) is 0 Å². The molecule has 29 heavy (non-hydrogen) atoms. The van der Waals surface area contributed by atoms with Crippen molar-refractivity contribution in [2.45, 2.75) is 6.54 Å². The Labute approximate surface area is 172 Å². The number of nitrogens with zero attached hydrogens (tertiary/aromatic N) is 2. The molecule has 146 valence electrons.